The number of amides is 2. The van der Waals surface area contributed by atoms with Crippen molar-refractivity contribution in [2.45, 2.75) is 4.75 Å². The summed E-state index contributed by atoms with van der Waals surface area (Å²) in [4.78, 5) is 32.3. The van der Waals surface area contributed by atoms with Gasteiger partial charge in [0.1, 0.15) is 0 Å². The van der Waals surface area contributed by atoms with Crippen LogP contribution in [-0.4, -0.2) is 16.9 Å². The van der Waals surface area contributed by atoms with Gasteiger partial charge < -0.3 is 0 Å². The molecule has 0 aliphatic carbocycles. The van der Waals surface area contributed by atoms with E-state index in [4.69, 9.17) is 0 Å². The second-order valence-corrected chi connectivity index (χ2v) is 7.53. The van der Waals surface area contributed by atoms with Crippen LogP contribution in [-0.2, 0) is 9.54 Å². The van der Waals surface area contributed by atoms with Crippen molar-refractivity contribution in [3.8, 4) is 0 Å². The maximum atomic E-state index is 13.9. The van der Waals surface area contributed by atoms with Gasteiger partial charge in [0.15, 0.2) is 4.75 Å². The number of rotatable bonds is 2. The van der Waals surface area contributed by atoms with Gasteiger partial charge in [0.05, 0.1) is 11.4 Å². The Morgan fingerprint density at radius 3 is 2.15 bits per heavy atom. The molecular formula is C22H14N2O2S. The summed E-state index contributed by atoms with van der Waals surface area (Å²) in [5.41, 5.74) is 3.61. The molecule has 130 valence electrons. The number of carbonyl (C=O) groups is 2. The van der Waals surface area contributed by atoms with Gasteiger partial charge in [-0.3, -0.25) is 14.5 Å². The standard InChI is InChI=1S/C22H14N2O2S/c25-20-22(15-9-3-1-4-10-15)19(23-21(26)27-22)17-13-7-8-14-18(17)24(20)16-11-5-2-6-12-16/h1-14H. The third-order valence-electron chi connectivity index (χ3n) is 4.88. The number of para-hydroxylation sites is 2. The van der Waals surface area contributed by atoms with Gasteiger partial charge in [-0.1, -0.05) is 66.7 Å². The third-order valence-corrected chi connectivity index (χ3v) is 6.05. The number of hydrogen-bond acceptors (Lipinski definition) is 3. The molecule has 2 heterocycles. The van der Waals surface area contributed by atoms with E-state index in [9.17, 15) is 9.59 Å². The molecular weight excluding hydrogens is 356 g/mol. The monoisotopic (exact) mass is 370 g/mol. The van der Waals surface area contributed by atoms with Crippen LogP contribution in [0, 0.1) is 0 Å². The maximum Gasteiger partial charge on any atom is 0.306 e. The molecule has 0 saturated heterocycles. The summed E-state index contributed by atoms with van der Waals surface area (Å²) in [7, 11) is 0. The largest absolute Gasteiger partial charge is 0.306 e. The molecule has 5 rings (SSSR count). The minimum Gasteiger partial charge on any atom is -0.279 e. The fourth-order valence-corrected chi connectivity index (χ4v) is 4.81. The first kappa shape index (κ1) is 16.0. The van der Waals surface area contributed by atoms with Crippen molar-refractivity contribution >= 4 is 40.0 Å². The average Bonchev–Trinajstić information content (AvgIpc) is 3.09. The Bertz CT molecular complexity index is 1100. The number of nitrogens with zero attached hydrogens (tertiary/aromatic N) is 2. The Morgan fingerprint density at radius 2 is 1.41 bits per heavy atom. The molecule has 2 aliphatic heterocycles. The zero-order chi connectivity index (χ0) is 18.4. The fourth-order valence-electron chi connectivity index (χ4n) is 3.73. The van der Waals surface area contributed by atoms with E-state index < -0.39 is 4.75 Å². The van der Waals surface area contributed by atoms with E-state index in [1.165, 1.54) is 0 Å². The van der Waals surface area contributed by atoms with Crippen molar-refractivity contribution in [3.63, 3.8) is 0 Å². The van der Waals surface area contributed by atoms with Crippen LogP contribution < -0.4 is 4.90 Å². The molecule has 5 heteroatoms. The van der Waals surface area contributed by atoms with Crippen molar-refractivity contribution in [1.82, 2.24) is 0 Å². The van der Waals surface area contributed by atoms with Gasteiger partial charge in [-0.25, -0.2) is 4.99 Å². The molecule has 0 aromatic heterocycles. The lowest BCUT2D eigenvalue weighted by Gasteiger charge is -2.40. The topological polar surface area (TPSA) is 49.7 Å². The Hall–Kier alpha value is -3.18. The van der Waals surface area contributed by atoms with Crippen LogP contribution in [0.2, 0.25) is 0 Å². The molecule has 0 bridgehead atoms. The summed E-state index contributed by atoms with van der Waals surface area (Å²) in [6.45, 7) is 0. The Balaban J connectivity index is 1.84. The lowest BCUT2D eigenvalue weighted by molar-refractivity contribution is -0.118. The van der Waals surface area contributed by atoms with E-state index in [-0.39, 0.29) is 11.1 Å². The van der Waals surface area contributed by atoms with Crippen molar-refractivity contribution in [2.24, 2.45) is 4.99 Å². The van der Waals surface area contributed by atoms with Gasteiger partial charge >= 0.3 is 5.24 Å². The molecule has 0 fully saturated rings. The van der Waals surface area contributed by atoms with Crippen LogP contribution in [0.15, 0.2) is 89.9 Å². The molecule has 27 heavy (non-hydrogen) atoms. The van der Waals surface area contributed by atoms with Gasteiger partial charge in [-0.15, -0.1) is 0 Å². The van der Waals surface area contributed by atoms with Crippen molar-refractivity contribution < 1.29 is 9.59 Å². The fraction of sp³-hybridized carbons (Fsp3) is 0.0455. The zero-order valence-corrected chi connectivity index (χ0v) is 15.0. The van der Waals surface area contributed by atoms with E-state index in [2.05, 4.69) is 4.99 Å². The van der Waals surface area contributed by atoms with Crippen LogP contribution in [0.25, 0.3) is 0 Å². The summed E-state index contributed by atoms with van der Waals surface area (Å²) in [6, 6.07) is 26.6. The summed E-state index contributed by atoms with van der Waals surface area (Å²) in [6.07, 6.45) is 0. The summed E-state index contributed by atoms with van der Waals surface area (Å²) < 4.78 is -1.16. The SMILES string of the molecule is O=C1N=C2c3ccccc3N(c3ccccc3)C(=O)C2(c2ccccc2)S1. The second-order valence-electron chi connectivity index (χ2n) is 6.37. The molecule has 1 unspecified atom stereocenters. The lowest BCUT2D eigenvalue weighted by Crippen LogP contribution is -2.51. The maximum absolute atomic E-state index is 13.9. The number of thioether (sulfide) groups is 1. The van der Waals surface area contributed by atoms with Gasteiger partial charge in [0.2, 0.25) is 0 Å². The molecule has 2 aliphatic rings. The minimum atomic E-state index is -1.16. The predicted octanol–water partition coefficient (Wildman–Crippen LogP) is 4.92. The van der Waals surface area contributed by atoms with Crippen LogP contribution in [0.3, 0.4) is 0 Å². The summed E-state index contributed by atoms with van der Waals surface area (Å²) in [5.74, 6) is -0.173. The van der Waals surface area contributed by atoms with Gasteiger partial charge in [-0.05, 0) is 35.5 Å². The molecule has 3 aromatic carbocycles. The Morgan fingerprint density at radius 1 is 0.778 bits per heavy atom. The minimum absolute atomic E-state index is 0.173. The number of aliphatic imine (C=N–C) groups is 1. The number of benzene rings is 3. The highest BCUT2D eigenvalue weighted by atomic mass is 32.2. The van der Waals surface area contributed by atoms with Crippen molar-refractivity contribution in [2.75, 3.05) is 4.90 Å². The normalized spacial score (nSPS) is 20.9. The third kappa shape index (κ3) is 2.22. The number of carbonyl (C=O) groups excluding carboxylic acids is 2. The van der Waals surface area contributed by atoms with Gasteiger partial charge in [-0.2, -0.15) is 0 Å². The Labute approximate surface area is 160 Å². The highest BCUT2D eigenvalue weighted by molar-refractivity contribution is 8.16. The molecule has 1 atom stereocenters. The summed E-state index contributed by atoms with van der Waals surface area (Å²) in [5, 5.41) is -0.341. The molecule has 3 aromatic rings. The van der Waals surface area contributed by atoms with E-state index in [0.29, 0.717) is 5.71 Å². The van der Waals surface area contributed by atoms with Gasteiger partial charge in [0.25, 0.3) is 5.91 Å². The first-order valence-corrected chi connectivity index (χ1v) is 9.40. The second kappa shape index (κ2) is 5.93. The number of anilines is 2. The van der Waals surface area contributed by atoms with E-state index in [0.717, 1.165) is 34.3 Å². The smallest absolute Gasteiger partial charge is 0.279 e. The van der Waals surface area contributed by atoms with E-state index in [1.807, 2.05) is 84.9 Å². The van der Waals surface area contributed by atoms with E-state index >= 15 is 0 Å². The first-order valence-electron chi connectivity index (χ1n) is 8.58. The van der Waals surface area contributed by atoms with Crippen LogP contribution in [0.1, 0.15) is 11.1 Å². The summed E-state index contributed by atoms with van der Waals surface area (Å²) >= 11 is 0.986. The Kier molecular flexibility index (Phi) is 3.52. The molecule has 0 N–H and O–H groups in total. The van der Waals surface area contributed by atoms with Crippen LogP contribution >= 0.6 is 11.8 Å². The molecule has 0 radical (unpaired) electrons. The van der Waals surface area contributed by atoms with Gasteiger partial charge in [0, 0.05) is 11.3 Å². The highest BCUT2D eigenvalue weighted by Gasteiger charge is 2.58. The van der Waals surface area contributed by atoms with Crippen LogP contribution in [0.5, 0.6) is 0 Å². The lowest BCUT2D eigenvalue weighted by atomic mass is 9.83. The molecule has 0 spiro atoms. The van der Waals surface area contributed by atoms with Crippen molar-refractivity contribution in [1.29, 1.82) is 0 Å². The molecule has 0 saturated carbocycles. The molecule has 4 nitrogen and oxygen atoms in total. The van der Waals surface area contributed by atoms with Crippen molar-refractivity contribution in [3.05, 3.63) is 96.1 Å². The zero-order valence-electron chi connectivity index (χ0n) is 14.2. The van der Waals surface area contributed by atoms with Crippen LogP contribution in [0.4, 0.5) is 16.2 Å². The highest BCUT2D eigenvalue weighted by Crippen LogP contribution is 2.53. The predicted molar refractivity (Wildman–Crippen MR) is 108 cm³/mol. The van der Waals surface area contributed by atoms with E-state index in [1.54, 1.807) is 4.90 Å². The first-order chi connectivity index (χ1) is 13.2. The molecule has 2 amide bonds. The quantitative estimate of drug-likeness (QED) is 0.644. The average molecular weight is 370 g/mol. The number of hydrogen-bond donors (Lipinski definition) is 0. The number of fused-ring (bicyclic) bond motifs is 3.